The van der Waals surface area contributed by atoms with E-state index in [0.717, 1.165) is 16.9 Å². The number of nitrogens with one attached hydrogen (secondary N) is 1. The Morgan fingerprint density at radius 2 is 1.83 bits per heavy atom. The van der Waals surface area contributed by atoms with Gasteiger partial charge in [-0.25, -0.2) is 0 Å². The summed E-state index contributed by atoms with van der Waals surface area (Å²) in [7, 11) is 0. The molecule has 1 fully saturated rings. The van der Waals surface area contributed by atoms with E-state index in [9.17, 15) is 9.59 Å². The molecule has 0 aromatic heterocycles. The minimum Gasteiger partial charge on any atom is -0.484 e. The monoisotopic (exact) mass is 438 g/mol. The van der Waals surface area contributed by atoms with Crippen molar-refractivity contribution in [3.05, 3.63) is 89.4 Å². The third-order valence-electron chi connectivity index (χ3n) is 4.54. The van der Waals surface area contributed by atoms with Gasteiger partial charge in [-0.15, -0.1) is 11.8 Å². The number of carbonyl (C=O) groups excluding carboxylic acids is 2. The lowest BCUT2D eigenvalue weighted by atomic mass is 10.1. The predicted octanol–water partition coefficient (Wildman–Crippen LogP) is 5.14. The van der Waals surface area contributed by atoms with Crippen molar-refractivity contribution < 1.29 is 14.3 Å². The molecule has 0 bridgehead atoms. The van der Waals surface area contributed by atoms with Gasteiger partial charge in [-0.1, -0.05) is 41.9 Å². The van der Waals surface area contributed by atoms with Gasteiger partial charge >= 0.3 is 0 Å². The van der Waals surface area contributed by atoms with Crippen molar-refractivity contribution >= 4 is 46.6 Å². The van der Waals surface area contributed by atoms with E-state index >= 15 is 0 Å². The second kappa shape index (κ2) is 9.24. The summed E-state index contributed by atoms with van der Waals surface area (Å²) >= 11 is 7.54. The van der Waals surface area contributed by atoms with Gasteiger partial charge in [-0.05, 0) is 54.1 Å². The first-order valence-corrected chi connectivity index (χ1v) is 10.8. The lowest BCUT2D eigenvalue weighted by Crippen LogP contribution is -2.27. The van der Waals surface area contributed by atoms with Crippen LogP contribution in [0.2, 0.25) is 5.02 Å². The summed E-state index contributed by atoms with van der Waals surface area (Å²) in [5.41, 5.74) is 2.45. The molecule has 7 heteroatoms. The van der Waals surface area contributed by atoms with E-state index < -0.39 is 0 Å². The zero-order chi connectivity index (χ0) is 20.9. The molecule has 0 radical (unpaired) electrons. The van der Waals surface area contributed by atoms with Crippen molar-refractivity contribution in [2.45, 2.75) is 5.37 Å². The maximum Gasteiger partial charge on any atom is 0.262 e. The van der Waals surface area contributed by atoms with E-state index in [1.54, 1.807) is 34.9 Å². The summed E-state index contributed by atoms with van der Waals surface area (Å²) in [5, 5.41) is 3.25. The first-order chi connectivity index (χ1) is 14.6. The third kappa shape index (κ3) is 4.78. The molecule has 3 aromatic carbocycles. The van der Waals surface area contributed by atoms with Gasteiger partial charge in [0, 0.05) is 16.4 Å². The van der Waals surface area contributed by atoms with Gasteiger partial charge in [0.15, 0.2) is 6.61 Å². The molecule has 152 valence electrons. The number of benzene rings is 3. The van der Waals surface area contributed by atoms with E-state index in [4.69, 9.17) is 16.3 Å². The number of anilines is 2. The van der Waals surface area contributed by atoms with Crippen LogP contribution in [0.5, 0.6) is 5.75 Å². The number of hydrogen-bond donors (Lipinski definition) is 1. The lowest BCUT2D eigenvalue weighted by Gasteiger charge is -2.24. The summed E-state index contributed by atoms with van der Waals surface area (Å²) in [6, 6.07) is 23.9. The van der Waals surface area contributed by atoms with Gasteiger partial charge in [-0.3, -0.25) is 14.5 Å². The topological polar surface area (TPSA) is 58.6 Å². The zero-order valence-electron chi connectivity index (χ0n) is 16.0. The molecule has 0 spiro atoms. The number of para-hydroxylation sites is 1. The van der Waals surface area contributed by atoms with Gasteiger partial charge in [0.25, 0.3) is 5.91 Å². The Balaban J connectivity index is 1.45. The van der Waals surface area contributed by atoms with Crippen LogP contribution in [0.3, 0.4) is 0 Å². The number of hydrogen-bond acceptors (Lipinski definition) is 4. The highest BCUT2D eigenvalue weighted by atomic mass is 35.5. The van der Waals surface area contributed by atoms with E-state index in [0.29, 0.717) is 16.5 Å². The van der Waals surface area contributed by atoms with Crippen molar-refractivity contribution in [2.75, 3.05) is 22.6 Å². The fourth-order valence-corrected chi connectivity index (χ4v) is 4.47. The van der Waals surface area contributed by atoms with Gasteiger partial charge < -0.3 is 10.1 Å². The average molecular weight is 439 g/mol. The Bertz CT molecular complexity index is 1040. The molecule has 0 unspecified atom stereocenters. The minimum absolute atomic E-state index is 0.0425. The molecule has 3 aromatic rings. The summed E-state index contributed by atoms with van der Waals surface area (Å²) in [6.07, 6.45) is 0. The van der Waals surface area contributed by atoms with E-state index in [2.05, 4.69) is 5.32 Å². The Morgan fingerprint density at radius 3 is 2.60 bits per heavy atom. The molecule has 1 saturated heterocycles. The fraction of sp³-hybridized carbons (Fsp3) is 0.130. The number of nitrogens with zero attached hydrogens (tertiary/aromatic N) is 1. The Labute approximate surface area is 184 Å². The van der Waals surface area contributed by atoms with Gasteiger partial charge in [-0.2, -0.15) is 0 Å². The van der Waals surface area contributed by atoms with Gasteiger partial charge in [0.1, 0.15) is 11.1 Å². The van der Waals surface area contributed by atoms with Gasteiger partial charge in [0.05, 0.1) is 5.75 Å². The highest BCUT2D eigenvalue weighted by Gasteiger charge is 2.34. The number of rotatable bonds is 6. The molecule has 30 heavy (non-hydrogen) atoms. The summed E-state index contributed by atoms with van der Waals surface area (Å²) in [4.78, 5) is 26.4. The lowest BCUT2D eigenvalue weighted by molar-refractivity contribution is -0.118. The fourth-order valence-electron chi connectivity index (χ4n) is 3.18. The largest absolute Gasteiger partial charge is 0.484 e. The molecular formula is C23H19ClN2O3S. The van der Waals surface area contributed by atoms with Crippen LogP contribution in [0.25, 0.3) is 0 Å². The number of amides is 2. The van der Waals surface area contributed by atoms with Crippen molar-refractivity contribution in [3.63, 3.8) is 0 Å². The molecule has 2 amide bonds. The number of carbonyl (C=O) groups is 2. The second-order valence-corrected chi connectivity index (χ2v) is 8.18. The first-order valence-electron chi connectivity index (χ1n) is 9.37. The van der Waals surface area contributed by atoms with E-state index in [1.165, 1.54) is 0 Å². The molecule has 5 nitrogen and oxygen atoms in total. The van der Waals surface area contributed by atoms with Crippen molar-refractivity contribution in [1.29, 1.82) is 0 Å². The Hall–Kier alpha value is -2.96. The van der Waals surface area contributed by atoms with E-state index in [1.807, 2.05) is 60.7 Å². The zero-order valence-corrected chi connectivity index (χ0v) is 17.5. The SMILES string of the molecule is O=C(COc1cccc([C@H]2SCC(=O)N2c2ccc(Cl)cc2)c1)Nc1ccccc1. The average Bonchev–Trinajstić information content (AvgIpc) is 3.15. The van der Waals surface area contributed by atoms with Crippen LogP contribution in [0.15, 0.2) is 78.9 Å². The maximum absolute atomic E-state index is 12.5. The molecule has 0 aliphatic carbocycles. The summed E-state index contributed by atoms with van der Waals surface area (Å²) in [6.45, 7) is -0.101. The molecule has 1 N–H and O–H groups in total. The highest BCUT2D eigenvalue weighted by Crippen LogP contribution is 2.42. The molecule has 0 saturated carbocycles. The van der Waals surface area contributed by atoms with Crippen molar-refractivity contribution in [1.82, 2.24) is 0 Å². The number of halogens is 1. The van der Waals surface area contributed by atoms with Crippen LogP contribution < -0.4 is 15.0 Å². The molecule has 1 atom stereocenters. The molecule has 1 aliphatic heterocycles. The second-order valence-electron chi connectivity index (χ2n) is 6.68. The van der Waals surface area contributed by atoms with Crippen LogP contribution in [0, 0.1) is 0 Å². The quantitative estimate of drug-likeness (QED) is 0.579. The smallest absolute Gasteiger partial charge is 0.262 e. The third-order valence-corrected chi connectivity index (χ3v) is 6.01. The minimum atomic E-state index is -0.236. The number of ether oxygens (including phenoxy) is 1. The number of thioether (sulfide) groups is 1. The standard InChI is InChI=1S/C23H19ClN2O3S/c24-17-9-11-19(12-10-17)26-22(28)15-30-23(26)16-5-4-8-20(13-16)29-14-21(27)25-18-6-2-1-3-7-18/h1-13,23H,14-15H2,(H,25,27)/t23-/m1/s1. The van der Waals surface area contributed by atoms with Crippen LogP contribution in [-0.2, 0) is 9.59 Å². The van der Waals surface area contributed by atoms with Crippen LogP contribution in [-0.4, -0.2) is 24.2 Å². The van der Waals surface area contributed by atoms with E-state index in [-0.39, 0.29) is 23.8 Å². The van der Waals surface area contributed by atoms with Crippen molar-refractivity contribution in [3.8, 4) is 5.75 Å². The predicted molar refractivity (Wildman–Crippen MR) is 121 cm³/mol. The normalized spacial score (nSPS) is 15.8. The van der Waals surface area contributed by atoms with Crippen LogP contribution in [0.4, 0.5) is 11.4 Å². The summed E-state index contributed by atoms with van der Waals surface area (Å²) in [5.74, 6) is 0.783. The molecular weight excluding hydrogens is 420 g/mol. The van der Waals surface area contributed by atoms with Crippen LogP contribution in [0.1, 0.15) is 10.9 Å². The highest BCUT2D eigenvalue weighted by molar-refractivity contribution is 8.00. The Morgan fingerprint density at radius 1 is 1.07 bits per heavy atom. The molecule has 1 heterocycles. The molecule has 1 aliphatic rings. The maximum atomic E-state index is 12.5. The first kappa shape index (κ1) is 20.3. The van der Waals surface area contributed by atoms with Crippen molar-refractivity contribution in [2.24, 2.45) is 0 Å². The summed E-state index contributed by atoms with van der Waals surface area (Å²) < 4.78 is 5.68. The molecule has 4 rings (SSSR count). The Kier molecular flexibility index (Phi) is 6.26. The van der Waals surface area contributed by atoms with Gasteiger partial charge in [0.2, 0.25) is 5.91 Å². The van der Waals surface area contributed by atoms with Crippen LogP contribution >= 0.6 is 23.4 Å².